The lowest BCUT2D eigenvalue weighted by molar-refractivity contribution is 0.186. The molecular weight excluding hydrogens is 302 g/mol. The maximum Gasteiger partial charge on any atom is 0.0718 e. The largest absolute Gasteiger partial charge is 0.290 e. The van der Waals surface area contributed by atoms with Crippen LogP contribution >= 0.6 is 0 Å². The Morgan fingerprint density at radius 3 is 2.32 bits per heavy atom. The van der Waals surface area contributed by atoms with E-state index in [4.69, 9.17) is 0 Å². The van der Waals surface area contributed by atoms with Gasteiger partial charge in [-0.15, -0.1) is 6.58 Å². The quantitative estimate of drug-likeness (QED) is 0.279. The van der Waals surface area contributed by atoms with Crippen LogP contribution in [0.15, 0.2) is 43.0 Å². The lowest BCUT2D eigenvalue weighted by Crippen LogP contribution is -2.38. The highest BCUT2D eigenvalue weighted by Gasteiger charge is 2.18. The van der Waals surface area contributed by atoms with Crippen LogP contribution in [0.3, 0.4) is 0 Å². The minimum absolute atomic E-state index is 0.446. The first-order valence-electron chi connectivity index (χ1n) is 10.3. The van der Waals surface area contributed by atoms with Gasteiger partial charge in [-0.25, -0.2) is 0 Å². The smallest absolute Gasteiger partial charge is 0.0718 e. The monoisotopic (exact) mass is 337 g/mol. The zero-order valence-electron chi connectivity index (χ0n) is 15.9. The van der Waals surface area contributed by atoms with Crippen molar-refractivity contribution in [2.24, 2.45) is 0 Å². The molecule has 1 aromatic rings. The average Bonchev–Trinajstić information content (AvgIpc) is 2.68. The normalized spacial score (nSPS) is 16.0. The third-order valence-corrected chi connectivity index (χ3v) is 5.12. The van der Waals surface area contributed by atoms with E-state index in [0.717, 1.165) is 5.56 Å². The van der Waals surface area contributed by atoms with Gasteiger partial charge in [0.2, 0.25) is 0 Å². The van der Waals surface area contributed by atoms with Gasteiger partial charge in [-0.3, -0.25) is 4.90 Å². The number of rotatable bonds is 10. The van der Waals surface area contributed by atoms with Crippen LogP contribution in [0.2, 0.25) is 0 Å². The predicted molar refractivity (Wildman–Crippen MR) is 110 cm³/mol. The van der Waals surface area contributed by atoms with Gasteiger partial charge in [-0.1, -0.05) is 74.6 Å². The third kappa shape index (κ3) is 8.41. The van der Waals surface area contributed by atoms with E-state index in [9.17, 15) is 0 Å². The maximum atomic E-state index is 3.79. The lowest BCUT2D eigenvalue weighted by Gasteiger charge is -2.31. The molecule has 1 unspecified atom stereocenters. The van der Waals surface area contributed by atoms with E-state index < -0.39 is 0 Å². The molecule has 1 aliphatic rings. The van der Waals surface area contributed by atoms with Crippen molar-refractivity contribution in [2.75, 3.05) is 13.1 Å². The van der Waals surface area contributed by atoms with Crippen molar-refractivity contribution in [1.29, 1.82) is 0 Å². The Morgan fingerprint density at radius 2 is 1.60 bits per heavy atom. The zero-order chi connectivity index (χ0) is 17.6. The summed E-state index contributed by atoms with van der Waals surface area (Å²) in [6.07, 6.45) is 16.6. The van der Waals surface area contributed by atoms with Crippen molar-refractivity contribution in [3.05, 3.63) is 48.6 Å². The molecule has 0 bridgehead atoms. The molecule has 0 radical (unpaired) electrons. The number of nitrogens with zero attached hydrogens (tertiary/aromatic N) is 1. The van der Waals surface area contributed by atoms with E-state index in [2.05, 4.69) is 53.7 Å². The molecule has 0 saturated carbocycles. The first-order chi connectivity index (χ1) is 12.4. The molecule has 136 valence electrons. The predicted octanol–water partition coefficient (Wildman–Crippen LogP) is 6.20. The van der Waals surface area contributed by atoms with Gasteiger partial charge in [-0.2, -0.15) is 0 Å². The fourth-order valence-corrected chi connectivity index (χ4v) is 3.60. The van der Waals surface area contributed by atoms with Crippen molar-refractivity contribution < 1.29 is 0 Å². The lowest BCUT2D eigenvalue weighted by atomic mass is 10.0. The van der Waals surface area contributed by atoms with Crippen molar-refractivity contribution in [3.8, 4) is 11.8 Å². The van der Waals surface area contributed by atoms with Crippen molar-refractivity contribution in [3.63, 3.8) is 0 Å². The summed E-state index contributed by atoms with van der Waals surface area (Å²) in [6.45, 7) is 6.26. The second kappa shape index (κ2) is 12.8. The zero-order valence-corrected chi connectivity index (χ0v) is 15.9. The summed E-state index contributed by atoms with van der Waals surface area (Å²) in [7, 11) is 0. The number of unbranched alkanes of at least 4 members (excludes halogenated alkanes) is 6. The van der Waals surface area contributed by atoms with Crippen LogP contribution in [-0.2, 0) is 0 Å². The van der Waals surface area contributed by atoms with Crippen LogP contribution in [0.4, 0.5) is 0 Å². The summed E-state index contributed by atoms with van der Waals surface area (Å²) in [6, 6.07) is 10.9. The first kappa shape index (κ1) is 19.8. The Hall–Kier alpha value is -1.52. The topological polar surface area (TPSA) is 3.24 Å². The van der Waals surface area contributed by atoms with Gasteiger partial charge >= 0.3 is 0 Å². The molecule has 0 aromatic heterocycles. The van der Waals surface area contributed by atoms with Crippen molar-refractivity contribution >= 4 is 0 Å². The van der Waals surface area contributed by atoms with Gasteiger partial charge in [0.05, 0.1) is 6.04 Å². The van der Waals surface area contributed by atoms with Gasteiger partial charge in [0.25, 0.3) is 0 Å². The second-order valence-corrected chi connectivity index (χ2v) is 7.24. The minimum atomic E-state index is 0.446. The van der Waals surface area contributed by atoms with E-state index in [1.54, 1.807) is 0 Å². The van der Waals surface area contributed by atoms with Crippen LogP contribution in [0.1, 0.15) is 76.2 Å². The standard InChI is InChI=1S/C24H35N/c1-2-3-4-5-6-7-8-13-18-24(25-21-14-10-15-22-25)20-19-23-16-11-9-12-17-23/h2,9,11-12,16-17,24H,1,3-8,10,13-15,18,21-22H2. The number of likely N-dealkylation sites (tertiary alicyclic amines) is 1. The molecule has 1 fully saturated rings. The van der Waals surface area contributed by atoms with E-state index in [1.807, 2.05) is 6.08 Å². The maximum absolute atomic E-state index is 3.79. The van der Waals surface area contributed by atoms with Gasteiger partial charge in [-0.05, 0) is 57.3 Å². The highest BCUT2D eigenvalue weighted by Crippen LogP contribution is 2.17. The molecule has 1 aliphatic heterocycles. The molecule has 1 heterocycles. The highest BCUT2D eigenvalue weighted by atomic mass is 15.2. The van der Waals surface area contributed by atoms with Crippen LogP contribution in [0.25, 0.3) is 0 Å². The van der Waals surface area contributed by atoms with E-state index in [0.29, 0.717) is 6.04 Å². The summed E-state index contributed by atoms with van der Waals surface area (Å²) in [4.78, 5) is 2.63. The van der Waals surface area contributed by atoms with E-state index >= 15 is 0 Å². The summed E-state index contributed by atoms with van der Waals surface area (Å²) in [5.74, 6) is 7.01. The molecule has 1 aromatic carbocycles. The molecule has 25 heavy (non-hydrogen) atoms. The number of allylic oxidation sites excluding steroid dienone is 1. The Labute approximate surface area is 155 Å². The van der Waals surface area contributed by atoms with Gasteiger partial charge in [0, 0.05) is 5.56 Å². The van der Waals surface area contributed by atoms with Crippen LogP contribution in [-0.4, -0.2) is 24.0 Å². The summed E-state index contributed by atoms with van der Waals surface area (Å²) in [5.41, 5.74) is 1.15. The molecule has 2 rings (SSSR count). The average molecular weight is 338 g/mol. The van der Waals surface area contributed by atoms with Gasteiger partial charge in [0.15, 0.2) is 0 Å². The summed E-state index contributed by atoms with van der Waals surface area (Å²) < 4.78 is 0. The Kier molecular flexibility index (Phi) is 10.1. The van der Waals surface area contributed by atoms with E-state index in [-0.39, 0.29) is 0 Å². The fourth-order valence-electron chi connectivity index (χ4n) is 3.60. The molecule has 0 aliphatic carbocycles. The van der Waals surface area contributed by atoms with Crippen molar-refractivity contribution in [1.82, 2.24) is 4.90 Å². The highest BCUT2D eigenvalue weighted by molar-refractivity contribution is 5.34. The Morgan fingerprint density at radius 1 is 0.920 bits per heavy atom. The molecule has 1 heteroatoms. The summed E-state index contributed by atoms with van der Waals surface area (Å²) >= 11 is 0. The Balaban J connectivity index is 1.77. The number of piperidine rings is 1. The molecule has 0 N–H and O–H groups in total. The SMILES string of the molecule is C=CCCCCCCCCC(C#Cc1ccccc1)N1CCCCC1. The van der Waals surface area contributed by atoms with Crippen LogP contribution in [0, 0.1) is 11.8 Å². The molecule has 1 atom stereocenters. The molecular formula is C24H35N. The number of benzene rings is 1. The second-order valence-electron chi connectivity index (χ2n) is 7.24. The van der Waals surface area contributed by atoms with Crippen LogP contribution in [0.5, 0.6) is 0 Å². The third-order valence-electron chi connectivity index (χ3n) is 5.12. The Bertz CT molecular complexity index is 516. The summed E-state index contributed by atoms with van der Waals surface area (Å²) in [5, 5.41) is 0. The first-order valence-corrected chi connectivity index (χ1v) is 10.3. The van der Waals surface area contributed by atoms with Crippen molar-refractivity contribution in [2.45, 2.75) is 76.7 Å². The number of hydrogen-bond donors (Lipinski definition) is 0. The molecule has 0 amide bonds. The fraction of sp³-hybridized carbons (Fsp3) is 0.583. The van der Waals surface area contributed by atoms with E-state index in [1.165, 1.54) is 83.7 Å². The molecule has 1 saturated heterocycles. The number of hydrogen-bond acceptors (Lipinski definition) is 1. The van der Waals surface area contributed by atoms with Gasteiger partial charge < -0.3 is 0 Å². The van der Waals surface area contributed by atoms with Crippen LogP contribution < -0.4 is 0 Å². The molecule has 1 nitrogen and oxygen atoms in total. The molecule has 0 spiro atoms. The van der Waals surface area contributed by atoms with Gasteiger partial charge in [0.1, 0.15) is 0 Å². The minimum Gasteiger partial charge on any atom is -0.290 e.